The summed E-state index contributed by atoms with van der Waals surface area (Å²) in [6, 6.07) is 0.346. The van der Waals surface area contributed by atoms with Crippen LogP contribution in [0.1, 0.15) is 38.6 Å². The van der Waals surface area contributed by atoms with E-state index in [4.69, 9.17) is 4.74 Å². The van der Waals surface area contributed by atoms with Gasteiger partial charge >= 0.3 is 0 Å². The Hall–Kier alpha value is -1.36. The quantitative estimate of drug-likeness (QED) is 0.367. The van der Waals surface area contributed by atoms with Crippen molar-refractivity contribution in [3.05, 3.63) is 18.7 Å². The number of aromatic nitrogens is 2. The van der Waals surface area contributed by atoms with Gasteiger partial charge in [0.05, 0.1) is 18.5 Å². The number of nitrogens with one attached hydrogen (secondary N) is 1. The molecule has 1 aromatic rings. The summed E-state index contributed by atoms with van der Waals surface area (Å²) in [5.74, 6) is 1.38. The highest BCUT2D eigenvalue weighted by atomic mass is 127. The van der Waals surface area contributed by atoms with Gasteiger partial charge in [0.25, 0.3) is 0 Å². The van der Waals surface area contributed by atoms with Gasteiger partial charge < -0.3 is 24.4 Å². The van der Waals surface area contributed by atoms with E-state index in [1.54, 1.807) is 19.0 Å². The molecule has 0 aromatic carbocycles. The summed E-state index contributed by atoms with van der Waals surface area (Å²) >= 11 is 0. The molecule has 0 radical (unpaired) electrons. The number of guanidine groups is 1. The minimum absolute atomic E-state index is 0. The van der Waals surface area contributed by atoms with Crippen LogP contribution in [0.15, 0.2) is 23.7 Å². The van der Waals surface area contributed by atoms with Crippen molar-refractivity contribution in [2.75, 3.05) is 46.9 Å². The number of halogens is 1. The number of hydrogen-bond acceptors (Lipinski definition) is 4. The van der Waals surface area contributed by atoms with Crippen LogP contribution in [0.5, 0.6) is 0 Å². The van der Waals surface area contributed by atoms with Crippen molar-refractivity contribution >= 4 is 35.8 Å². The zero-order valence-corrected chi connectivity index (χ0v) is 20.1. The van der Waals surface area contributed by atoms with E-state index in [9.17, 15) is 4.79 Å². The largest absolute Gasteiger partial charge is 0.376 e. The Bertz CT molecular complexity index is 645. The van der Waals surface area contributed by atoms with Crippen molar-refractivity contribution in [3.63, 3.8) is 0 Å². The number of likely N-dealkylation sites (N-methyl/N-ethyl adjacent to an activating group) is 1. The van der Waals surface area contributed by atoms with Crippen LogP contribution >= 0.6 is 24.0 Å². The second-order valence-corrected chi connectivity index (χ2v) is 8.09. The molecule has 9 heteroatoms. The van der Waals surface area contributed by atoms with Crippen LogP contribution in [0.25, 0.3) is 0 Å². The number of amides is 1. The van der Waals surface area contributed by atoms with Crippen molar-refractivity contribution in [1.29, 1.82) is 0 Å². The lowest BCUT2D eigenvalue weighted by Gasteiger charge is -2.39. The minimum atomic E-state index is 0. The highest BCUT2D eigenvalue weighted by Gasteiger charge is 2.29. The average molecular weight is 518 g/mol. The maximum Gasteiger partial charge on any atom is 0.243 e. The Morgan fingerprint density at radius 2 is 2.17 bits per heavy atom. The second kappa shape index (κ2) is 11.7. The molecular weight excluding hydrogens is 483 g/mol. The van der Waals surface area contributed by atoms with Crippen LogP contribution in [0, 0.1) is 5.92 Å². The van der Waals surface area contributed by atoms with E-state index >= 15 is 0 Å². The van der Waals surface area contributed by atoms with Gasteiger partial charge in [0.1, 0.15) is 6.54 Å². The summed E-state index contributed by atoms with van der Waals surface area (Å²) in [5, 5.41) is 3.49. The van der Waals surface area contributed by atoms with Gasteiger partial charge in [-0.1, -0.05) is 6.92 Å². The molecular formula is C20H35IN6O2. The molecule has 2 aliphatic heterocycles. The van der Waals surface area contributed by atoms with Gasteiger partial charge in [-0.05, 0) is 31.6 Å². The smallest absolute Gasteiger partial charge is 0.243 e. The van der Waals surface area contributed by atoms with E-state index in [1.165, 1.54) is 6.42 Å². The second-order valence-electron chi connectivity index (χ2n) is 8.09. The molecule has 2 aliphatic rings. The first kappa shape index (κ1) is 23.9. The van der Waals surface area contributed by atoms with Crippen molar-refractivity contribution in [2.45, 2.75) is 44.8 Å². The fraction of sp³-hybridized carbons (Fsp3) is 0.750. The molecule has 1 N–H and O–H groups in total. The maximum atomic E-state index is 12.1. The van der Waals surface area contributed by atoms with Crippen LogP contribution < -0.4 is 5.32 Å². The molecule has 164 valence electrons. The molecule has 3 heterocycles. The van der Waals surface area contributed by atoms with Crippen molar-refractivity contribution < 1.29 is 9.53 Å². The van der Waals surface area contributed by atoms with E-state index in [1.807, 2.05) is 18.7 Å². The number of nitrogens with zero attached hydrogens (tertiary/aromatic N) is 5. The van der Waals surface area contributed by atoms with Crippen LogP contribution in [-0.4, -0.2) is 84.2 Å². The van der Waals surface area contributed by atoms with Gasteiger partial charge in [0.2, 0.25) is 5.91 Å². The Morgan fingerprint density at radius 1 is 1.34 bits per heavy atom. The van der Waals surface area contributed by atoms with Crippen LogP contribution in [-0.2, 0) is 9.53 Å². The fourth-order valence-corrected chi connectivity index (χ4v) is 3.82. The van der Waals surface area contributed by atoms with Gasteiger partial charge in [-0.3, -0.25) is 4.79 Å². The van der Waals surface area contributed by atoms with E-state index in [0.29, 0.717) is 12.0 Å². The van der Waals surface area contributed by atoms with Crippen LogP contribution in [0.3, 0.4) is 0 Å². The molecule has 0 spiro atoms. The number of rotatable bonds is 5. The van der Waals surface area contributed by atoms with Crippen LogP contribution in [0.2, 0.25) is 0 Å². The molecule has 0 saturated carbocycles. The Morgan fingerprint density at radius 3 is 2.83 bits per heavy atom. The summed E-state index contributed by atoms with van der Waals surface area (Å²) in [4.78, 5) is 24.8. The molecule has 1 aromatic heterocycles. The van der Waals surface area contributed by atoms with E-state index < -0.39 is 0 Å². The summed E-state index contributed by atoms with van der Waals surface area (Å²) in [7, 11) is 3.52. The van der Waals surface area contributed by atoms with Gasteiger partial charge in [0, 0.05) is 52.7 Å². The topological polar surface area (TPSA) is 75.0 Å². The Labute approximate surface area is 191 Å². The van der Waals surface area contributed by atoms with E-state index in [-0.39, 0.29) is 42.5 Å². The number of carbonyl (C=O) groups is 1. The van der Waals surface area contributed by atoms with Crippen molar-refractivity contribution in [2.24, 2.45) is 10.9 Å². The normalized spacial score (nSPS) is 25.3. The summed E-state index contributed by atoms with van der Waals surface area (Å²) in [6.07, 6.45) is 10.5. The van der Waals surface area contributed by atoms with Gasteiger partial charge in [-0.15, -0.1) is 24.0 Å². The van der Waals surface area contributed by atoms with E-state index in [0.717, 1.165) is 51.5 Å². The predicted octanol–water partition coefficient (Wildman–Crippen LogP) is 1.99. The molecule has 2 saturated heterocycles. The first-order chi connectivity index (χ1) is 13.5. The first-order valence-corrected chi connectivity index (χ1v) is 10.4. The summed E-state index contributed by atoms with van der Waals surface area (Å²) in [5.41, 5.74) is 0. The number of likely N-dealkylation sites (tertiary alicyclic amines) is 1. The number of aliphatic imine (C=N–C) groups is 1. The van der Waals surface area contributed by atoms with Gasteiger partial charge in [0.15, 0.2) is 5.96 Å². The SMILES string of the molecule is CC1CCN(C(=NCC(=O)N(C)C)NCC2CCCCO2)CC1n1ccnc1.I. The molecule has 29 heavy (non-hydrogen) atoms. The Kier molecular flexibility index (Phi) is 9.67. The summed E-state index contributed by atoms with van der Waals surface area (Å²) < 4.78 is 8.04. The molecule has 2 fully saturated rings. The van der Waals surface area contributed by atoms with Gasteiger partial charge in [-0.25, -0.2) is 9.98 Å². The molecule has 0 aliphatic carbocycles. The first-order valence-electron chi connectivity index (χ1n) is 10.4. The standard InChI is InChI=1S/C20H34N6O2.HI/c1-16-7-9-25(14-18(16)26-10-8-21-15-26)20(23-13-19(27)24(2)3)22-12-17-6-4-5-11-28-17;/h8,10,15-18H,4-7,9,11-14H2,1-3H3,(H,22,23);1H. The minimum Gasteiger partial charge on any atom is -0.376 e. The van der Waals surface area contributed by atoms with E-state index in [2.05, 4.69) is 31.7 Å². The third kappa shape index (κ3) is 6.84. The van der Waals surface area contributed by atoms with Gasteiger partial charge in [-0.2, -0.15) is 0 Å². The average Bonchev–Trinajstić information content (AvgIpc) is 3.23. The summed E-state index contributed by atoms with van der Waals surface area (Å²) in [6.45, 7) is 5.80. The highest BCUT2D eigenvalue weighted by molar-refractivity contribution is 14.0. The maximum absolute atomic E-state index is 12.1. The highest BCUT2D eigenvalue weighted by Crippen LogP contribution is 2.27. The number of hydrogen-bond donors (Lipinski definition) is 1. The lowest BCUT2D eigenvalue weighted by Crippen LogP contribution is -2.51. The lowest BCUT2D eigenvalue weighted by atomic mass is 9.93. The molecule has 0 bridgehead atoms. The third-order valence-electron chi connectivity index (χ3n) is 5.75. The number of imidazole rings is 1. The van der Waals surface area contributed by atoms with Crippen LogP contribution in [0.4, 0.5) is 0 Å². The molecule has 1 amide bonds. The molecule has 3 rings (SSSR count). The number of ether oxygens (including phenoxy) is 1. The molecule has 3 atom stereocenters. The zero-order valence-electron chi connectivity index (χ0n) is 17.8. The fourth-order valence-electron chi connectivity index (χ4n) is 3.82. The molecule has 3 unspecified atom stereocenters. The lowest BCUT2D eigenvalue weighted by molar-refractivity contribution is -0.127. The molecule has 8 nitrogen and oxygen atoms in total. The predicted molar refractivity (Wildman–Crippen MR) is 125 cm³/mol. The monoisotopic (exact) mass is 518 g/mol. The Balaban J connectivity index is 0.00000300. The van der Waals surface area contributed by atoms with Crippen molar-refractivity contribution in [1.82, 2.24) is 24.7 Å². The number of piperidine rings is 1. The zero-order chi connectivity index (χ0) is 19.9. The number of carbonyl (C=O) groups excluding carboxylic acids is 1. The third-order valence-corrected chi connectivity index (χ3v) is 5.75. The van der Waals surface area contributed by atoms with Crippen molar-refractivity contribution in [3.8, 4) is 0 Å².